The summed E-state index contributed by atoms with van der Waals surface area (Å²) in [6.45, 7) is 1.95. The standard InChI is InChI=1S/C13H14ClIN4O/c1-3-9-11(16)12(19(2)18-9)13(20)17-10-5-4-7(14)6-8(10)15/h4-6H,3,16H2,1-2H3,(H,17,20). The number of rotatable bonds is 3. The molecule has 0 atom stereocenters. The fourth-order valence-corrected chi connectivity index (χ4v) is 2.91. The molecule has 20 heavy (non-hydrogen) atoms. The Hall–Kier alpha value is -1.28. The lowest BCUT2D eigenvalue weighted by Gasteiger charge is -2.08. The summed E-state index contributed by atoms with van der Waals surface area (Å²) in [6.07, 6.45) is 0.686. The van der Waals surface area contributed by atoms with Gasteiger partial charge < -0.3 is 11.1 Å². The number of hydrogen-bond donors (Lipinski definition) is 2. The maximum atomic E-state index is 12.3. The zero-order chi connectivity index (χ0) is 14.9. The molecule has 106 valence electrons. The van der Waals surface area contributed by atoms with Crippen molar-refractivity contribution in [1.82, 2.24) is 9.78 Å². The number of hydrogen-bond acceptors (Lipinski definition) is 3. The first-order chi connectivity index (χ1) is 9.43. The zero-order valence-electron chi connectivity index (χ0n) is 11.1. The molecule has 5 nitrogen and oxygen atoms in total. The van der Waals surface area contributed by atoms with E-state index < -0.39 is 0 Å². The Kier molecular flexibility index (Phi) is 4.54. The van der Waals surface area contributed by atoms with Gasteiger partial charge in [0.25, 0.3) is 5.91 Å². The Labute approximate surface area is 135 Å². The number of nitrogen functional groups attached to an aromatic ring is 1. The molecule has 2 rings (SSSR count). The lowest BCUT2D eigenvalue weighted by Crippen LogP contribution is -2.18. The van der Waals surface area contributed by atoms with Crippen LogP contribution in [0.25, 0.3) is 0 Å². The van der Waals surface area contributed by atoms with Gasteiger partial charge >= 0.3 is 0 Å². The Morgan fingerprint density at radius 3 is 2.80 bits per heavy atom. The molecule has 0 aliphatic heterocycles. The van der Waals surface area contributed by atoms with Crippen molar-refractivity contribution >= 4 is 51.5 Å². The first kappa shape index (κ1) is 15.1. The Bertz CT molecular complexity index is 669. The molecule has 1 aromatic carbocycles. The summed E-state index contributed by atoms with van der Waals surface area (Å²) in [4.78, 5) is 12.3. The maximum Gasteiger partial charge on any atom is 0.276 e. The van der Waals surface area contributed by atoms with Gasteiger partial charge in [-0.3, -0.25) is 9.48 Å². The minimum atomic E-state index is -0.280. The van der Waals surface area contributed by atoms with Gasteiger partial charge in [0.2, 0.25) is 0 Å². The number of nitrogens with one attached hydrogen (secondary N) is 1. The molecule has 0 aliphatic rings. The Balaban J connectivity index is 2.31. The molecule has 0 bridgehead atoms. The van der Waals surface area contributed by atoms with E-state index >= 15 is 0 Å². The number of aryl methyl sites for hydroxylation is 2. The number of carbonyl (C=O) groups is 1. The van der Waals surface area contributed by atoms with Crippen molar-refractivity contribution in [2.45, 2.75) is 13.3 Å². The predicted molar refractivity (Wildman–Crippen MR) is 89.1 cm³/mol. The van der Waals surface area contributed by atoms with Crippen molar-refractivity contribution in [3.05, 3.63) is 38.2 Å². The number of amides is 1. The van der Waals surface area contributed by atoms with E-state index in [0.717, 1.165) is 9.26 Å². The van der Waals surface area contributed by atoms with E-state index in [1.165, 1.54) is 4.68 Å². The number of benzene rings is 1. The minimum absolute atomic E-state index is 0.280. The molecule has 7 heteroatoms. The van der Waals surface area contributed by atoms with E-state index in [-0.39, 0.29) is 5.91 Å². The van der Waals surface area contributed by atoms with Crippen LogP contribution in [0, 0.1) is 3.57 Å². The number of halogens is 2. The molecule has 0 radical (unpaired) electrons. The van der Waals surface area contributed by atoms with Crippen molar-refractivity contribution in [3.63, 3.8) is 0 Å². The van der Waals surface area contributed by atoms with Gasteiger partial charge in [0, 0.05) is 15.6 Å². The van der Waals surface area contributed by atoms with Crippen LogP contribution in [-0.4, -0.2) is 15.7 Å². The van der Waals surface area contributed by atoms with Gasteiger partial charge in [-0.1, -0.05) is 18.5 Å². The SMILES string of the molecule is CCc1nn(C)c(C(=O)Nc2ccc(Cl)cc2I)c1N. The van der Waals surface area contributed by atoms with E-state index in [1.54, 1.807) is 25.2 Å². The van der Waals surface area contributed by atoms with Gasteiger partial charge in [0.15, 0.2) is 0 Å². The zero-order valence-corrected chi connectivity index (χ0v) is 14.0. The van der Waals surface area contributed by atoms with Gasteiger partial charge in [0.05, 0.1) is 17.1 Å². The topological polar surface area (TPSA) is 72.9 Å². The summed E-state index contributed by atoms with van der Waals surface area (Å²) in [5, 5.41) is 7.69. The average molecular weight is 405 g/mol. The Morgan fingerprint density at radius 1 is 1.55 bits per heavy atom. The normalized spacial score (nSPS) is 10.6. The second-order valence-electron chi connectivity index (χ2n) is 4.26. The summed E-state index contributed by atoms with van der Waals surface area (Å²) >= 11 is 8.01. The molecule has 1 aromatic heterocycles. The molecule has 0 spiro atoms. The predicted octanol–water partition coefficient (Wildman–Crippen LogP) is 3.08. The van der Waals surface area contributed by atoms with Gasteiger partial charge in [-0.2, -0.15) is 5.10 Å². The molecular weight excluding hydrogens is 391 g/mol. The van der Waals surface area contributed by atoms with E-state index in [1.807, 2.05) is 6.92 Å². The van der Waals surface area contributed by atoms with Crippen molar-refractivity contribution in [1.29, 1.82) is 0 Å². The van der Waals surface area contributed by atoms with Crippen molar-refractivity contribution < 1.29 is 4.79 Å². The van der Waals surface area contributed by atoms with Crippen LogP contribution in [-0.2, 0) is 13.5 Å². The van der Waals surface area contributed by atoms with Crippen LogP contribution >= 0.6 is 34.2 Å². The number of nitrogens with zero attached hydrogens (tertiary/aromatic N) is 2. The lowest BCUT2D eigenvalue weighted by atomic mass is 10.2. The van der Waals surface area contributed by atoms with Gasteiger partial charge in [-0.05, 0) is 47.2 Å². The smallest absolute Gasteiger partial charge is 0.276 e. The van der Waals surface area contributed by atoms with E-state index in [0.29, 0.717) is 28.5 Å². The van der Waals surface area contributed by atoms with Crippen LogP contribution in [0.15, 0.2) is 18.2 Å². The molecular formula is C13H14ClIN4O. The number of anilines is 2. The fourth-order valence-electron chi connectivity index (χ4n) is 1.90. The molecule has 0 unspecified atom stereocenters. The van der Waals surface area contributed by atoms with Crippen LogP contribution in [0.2, 0.25) is 5.02 Å². The van der Waals surface area contributed by atoms with Crippen LogP contribution in [0.5, 0.6) is 0 Å². The minimum Gasteiger partial charge on any atom is -0.395 e. The van der Waals surface area contributed by atoms with Gasteiger partial charge in [-0.25, -0.2) is 0 Å². The highest BCUT2D eigenvalue weighted by molar-refractivity contribution is 14.1. The van der Waals surface area contributed by atoms with E-state index in [2.05, 4.69) is 33.0 Å². The van der Waals surface area contributed by atoms with Crippen LogP contribution in [0.1, 0.15) is 23.1 Å². The average Bonchev–Trinajstić information content (AvgIpc) is 2.67. The van der Waals surface area contributed by atoms with Crippen LogP contribution in [0.3, 0.4) is 0 Å². The summed E-state index contributed by atoms with van der Waals surface area (Å²) in [5.74, 6) is -0.280. The molecule has 1 amide bonds. The van der Waals surface area contributed by atoms with E-state index in [9.17, 15) is 4.79 Å². The second kappa shape index (κ2) is 6.01. The summed E-state index contributed by atoms with van der Waals surface area (Å²) < 4.78 is 2.37. The third-order valence-corrected chi connectivity index (χ3v) is 4.02. The molecule has 0 fully saturated rings. The largest absolute Gasteiger partial charge is 0.395 e. The van der Waals surface area contributed by atoms with Gasteiger partial charge in [0.1, 0.15) is 5.69 Å². The first-order valence-electron chi connectivity index (χ1n) is 6.01. The summed E-state index contributed by atoms with van der Waals surface area (Å²) in [6, 6.07) is 5.26. The lowest BCUT2D eigenvalue weighted by molar-refractivity contribution is 0.101. The summed E-state index contributed by atoms with van der Waals surface area (Å²) in [7, 11) is 1.71. The monoisotopic (exact) mass is 404 g/mol. The molecule has 0 aliphatic carbocycles. The highest BCUT2D eigenvalue weighted by Gasteiger charge is 2.19. The Morgan fingerprint density at radius 2 is 2.25 bits per heavy atom. The van der Waals surface area contributed by atoms with Crippen molar-refractivity contribution in [2.24, 2.45) is 7.05 Å². The molecule has 3 N–H and O–H groups in total. The number of carbonyl (C=O) groups excluding carboxylic acids is 1. The third-order valence-electron chi connectivity index (χ3n) is 2.89. The molecule has 0 saturated heterocycles. The third kappa shape index (κ3) is 2.90. The second-order valence-corrected chi connectivity index (χ2v) is 5.86. The highest BCUT2D eigenvalue weighted by atomic mass is 127. The van der Waals surface area contributed by atoms with Crippen molar-refractivity contribution in [3.8, 4) is 0 Å². The van der Waals surface area contributed by atoms with Crippen LogP contribution < -0.4 is 11.1 Å². The molecule has 1 heterocycles. The first-order valence-corrected chi connectivity index (χ1v) is 7.47. The number of nitrogens with two attached hydrogens (primary N) is 1. The fraction of sp³-hybridized carbons (Fsp3) is 0.231. The molecule has 2 aromatic rings. The van der Waals surface area contributed by atoms with Gasteiger partial charge in [-0.15, -0.1) is 0 Å². The number of aromatic nitrogens is 2. The highest BCUT2D eigenvalue weighted by Crippen LogP contribution is 2.24. The summed E-state index contributed by atoms with van der Waals surface area (Å²) in [5.41, 5.74) is 8.18. The van der Waals surface area contributed by atoms with Crippen LogP contribution in [0.4, 0.5) is 11.4 Å². The molecule has 0 saturated carbocycles. The quantitative estimate of drug-likeness (QED) is 0.772. The van der Waals surface area contributed by atoms with Crippen molar-refractivity contribution in [2.75, 3.05) is 11.1 Å². The van der Waals surface area contributed by atoms with E-state index in [4.69, 9.17) is 17.3 Å². The maximum absolute atomic E-state index is 12.3.